The van der Waals surface area contributed by atoms with Crippen molar-refractivity contribution in [2.45, 2.75) is 63.3 Å². The SMILES string of the molecule is CC1(C)CC(c2nc3nccc(C4CCN(C(=O)c5ccc(OC(F)(F)F)cc5N)CC4)c3[nH]2)CCO1. The Morgan fingerprint density at radius 1 is 1.19 bits per heavy atom. The number of ether oxygens (including phenoxy) is 2. The Morgan fingerprint density at radius 2 is 1.95 bits per heavy atom. The highest BCUT2D eigenvalue weighted by Gasteiger charge is 2.33. The summed E-state index contributed by atoms with van der Waals surface area (Å²) in [5, 5.41) is 0. The quantitative estimate of drug-likeness (QED) is 0.465. The number of hydrogen-bond acceptors (Lipinski definition) is 6. The van der Waals surface area contributed by atoms with Crippen LogP contribution in [0.1, 0.15) is 73.1 Å². The largest absolute Gasteiger partial charge is 0.573 e. The number of pyridine rings is 1. The molecule has 0 aliphatic carbocycles. The Morgan fingerprint density at radius 3 is 2.62 bits per heavy atom. The van der Waals surface area contributed by atoms with E-state index in [0.29, 0.717) is 25.3 Å². The third-order valence-electron chi connectivity index (χ3n) is 7.24. The number of imidazole rings is 1. The van der Waals surface area contributed by atoms with Crippen molar-refractivity contribution in [2.75, 3.05) is 25.4 Å². The molecule has 2 aliphatic heterocycles. The summed E-state index contributed by atoms with van der Waals surface area (Å²) in [6.07, 6.45) is 0.214. The second-order valence-corrected chi connectivity index (χ2v) is 10.4. The number of nitrogen functional groups attached to an aromatic ring is 1. The molecule has 2 fully saturated rings. The maximum atomic E-state index is 13.1. The topological polar surface area (TPSA) is 106 Å². The van der Waals surface area contributed by atoms with E-state index in [-0.39, 0.29) is 34.6 Å². The lowest BCUT2D eigenvalue weighted by atomic mass is 9.88. The Hall–Kier alpha value is -3.34. The van der Waals surface area contributed by atoms with Crippen LogP contribution in [0.2, 0.25) is 0 Å². The second-order valence-electron chi connectivity index (χ2n) is 10.4. The van der Waals surface area contributed by atoms with Crippen LogP contribution in [0, 0.1) is 0 Å². The van der Waals surface area contributed by atoms with Crippen LogP contribution in [0.5, 0.6) is 5.75 Å². The number of nitrogens with one attached hydrogen (secondary N) is 1. The molecule has 198 valence electrons. The molecule has 0 bridgehead atoms. The fraction of sp³-hybridized carbons (Fsp3) is 0.500. The lowest BCUT2D eigenvalue weighted by Crippen LogP contribution is -2.38. The van der Waals surface area contributed by atoms with E-state index < -0.39 is 12.1 Å². The summed E-state index contributed by atoms with van der Waals surface area (Å²) in [5.74, 6) is 0.676. The number of carbonyl (C=O) groups excluding carboxylic acids is 1. The van der Waals surface area contributed by atoms with Gasteiger partial charge >= 0.3 is 6.36 Å². The third-order valence-corrected chi connectivity index (χ3v) is 7.24. The van der Waals surface area contributed by atoms with E-state index in [1.807, 2.05) is 6.07 Å². The van der Waals surface area contributed by atoms with Crippen LogP contribution in [-0.2, 0) is 4.74 Å². The van der Waals surface area contributed by atoms with Crippen LogP contribution in [0.4, 0.5) is 18.9 Å². The molecular weight excluding hydrogens is 487 g/mol. The van der Waals surface area contributed by atoms with Gasteiger partial charge in [0.1, 0.15) is 11.6 Å². The number of likely N-dealkylation sites (tertiary alicyclic amines) is 1. The van der Waals surface area contributed by atoms with Crippen LogP contribution in [0.3, 0.4) is 0 Å². The van der Waals surface area contributed by atoms with Gasteiger partial charge in [-0.3, -0.25) is 4.79 Å². The van der Waals surface area contributed by atoms with Gasteiger partial charge in [0.2, 0.25) is 0 Å². The maximum Gasteiger partial charge on any atom is 0.573 e. The molecule has 1 atom stereocenters. The standard InChI is InChI=1S/C26H30F3N5O3/c1-25(2)14-16(8-12-36-25)22-32-21-18(5-9-31-23(21)33-22)15-6-10-34(11-7-15)24(35)19-4-3-17(13-20(19)30)37-26(27,28)29/h3-5,9,13,15-16H,6-8,10-12,14,30H2,1-2H3,(H,31,32,33). The van der Waals surface area contributed by atoms with Gasteiger partial charge in [-0.25, -0.2) is 9.97 Å². The Bertz CT molecular complexity index is 1300. The van der Waals surface area contributed by atoms with Gasteiger partial charge in [0.05, 0.1) is 16.7 Å². The van der Waals surface area contributed by atoms with Gasteiger partial charge in [-0.2, -0.15) is 0 Å². The highest BCUT2D eigenvalue weighted by Crippen LogP contribution is 2.37. The summed E-state index contributed by atoms with van der Waals surface area (Å²) < 4.78 is 47.2. The van der Waals surface area contributed by atoms with Gasteiger partial charge < -0.3 is 25.1 Å². The fourth-order valence-electron chi connectivity index (χ4n) is 5.44. The number of carbonyl (C=O) groups is 1. The summed E-state index contributed by atoms with van der Waals surface area (Å²) >= 11 is 0. The summed E-state index contributed by atoms with van der Waals surface area (Å²) in [6.45, 7) is 5.90. The van der Waals surface area contributed by atoms with Gasteiger partial charge in [-0.1, -0.05) is 0 Å². The second kappa shape index (κ2) is 9.51. The number of halogens is 3. The van der Waals surface area contributed by atoms with Crippen LogP contribution >= 0.6 is 0 Å². The van der Waals surface area contributed by atoms with Crippen LogP contribution in [0.15, 0.2) is 30.5 Å². The van der Waals surface area contributed by atoms with E-state index in [9.17, 15) is 18.0 Å². The van der Waals surface area contributed by atoms with Crippen molar-refractivity contribution < 1.29 is 27.4 Å². The van der Waals surface area contributed by atoms with Gasteiger partial charge in [0, 0.05) is 43.6 Å². The van der Waals surface area contributed by atoms with Crippen molar-refractivity contribution >= 4 is 22.8 Å². The van der Waals surface area contributed by atoms with E-state index in [2.05, 4.69) is 28.6 Å². The fourth-order valence-corrected chi connectivity index (χ4v) is 5.44. The highest BCUT2D eigenvalue weighted by molar-refractivity contribution is 5.99. The van der Waals surface area contributed by atoms with Gasteiger partial charge in [-0.15, -0.1) is 13.2 Å². The van der Waals surface area contributed by atoms with Crippen molar-refractivity contribution in [1.29, 1.82) is 0 Å². The van der Waals surface area contributed by atoms with E-state index in [0.717, 1.165) is 54.7 Å². The number of H-pyrrole nitrogens is 1. The van der Waals surface area contributed by atoms with Crippen LogP contribution < -0.4 is 10.5 Å². The smallest absolute Gasteiger partial charge is 0.406 e. The van der Waals surface area contributed by atoms with E-state index in [1.165, 1.54) is 6.07 Å². The van der Waals surface area contributed by atoms with E-state index >= 15 is 0 Å². The first-order chi connectivity index (χ1) is 17.5. The van der Waals surface area contributed by atoms with Crippen LogP contribution in [-0.4, -0.2) is 57.4 Å². The number of fused-ring (bicyclic) bond motifs is 1. The number of nitrogens with two attached hydrogens (primary N) is 1. The van der Waals surface area contributed by atoms with Crippen LogP contribution in [0.25, 0.3) is 11.2 Å². The number of aromatic amines is 1. The molecule has 3 N–H and O–H groups in total. The molecule has 37 heavy (non-hydrogen) atoms. The average molecular weight is 518 g/mol. The van der Waals surface area contributed by atoms with Crippen molar-refractivity contribution in [2.24, 2.45) is 0 Å². The number of piperidine rings is 1. The molecular formula is C26H30F3N5O3. The number of aromatic nitrogens is 3. The lowest BCUT2D eigenvalue weighted by Gasteiger charge is -2.34. The molecule has 3 aromatic rings. The first kappa shape index (κ1) is 25.3. The van der Waals surface area contributed by atoms with E-state index in [4.69, 9.17) is 15.5 Å². The number of rotatable bonds is 4. The number of amides is 1. The van der Waals surface area contributed by atoms with Crippen molar-refractivity contribution in [3.63, 3.8) is 0 Å². The number of alkyl halides is 3. The maximum absolute atomic E-state index is 13.1. The number of nitrogens with zero attached hydrogens (tertiary/aromatic N) is 3. The van der Waals surface area contributed by atoms with Crippen molar-refractivity contribution in [3.05, 3.63) is 47.4 Å². The minimum absolute atomic E-state index is 0.0500. The minimum atomic E-state index is -4.82. The molecule has 2 saturated heterocycles. The van der Waals surface area contributed by atoms with Gasteiger partial charge in [-0.05, 0) is 69.2 Å². The lowest BCUT2D eigenvalue weighted by molar-refractivity contribution is -0.274. The number of benzene rings is 1. The molecule has 1 unspecified atom stereocenters. The molecule has 1 aromatic carbocycles. The molecule has 0 saturated carbocycles. The first-order valence-electron chi connectivity index (χ1n) is 12.4. The first-order valence-corrected chi connectivity index (χ1v) is 12.4. The van der Waals surface area contributed by atoms with Gasteiger partial charge in [0.15, 0.2) is 5.65 Å². The molecule has 8 nitrogen and oxygen atoms in total. The zero-order valence-electron chi connectivity index (χ0n) is 20.8. The summed E-state index contributed by atoms with van der Waals surface area (Å²) in [4.78, 5) is 27.6. The molecule has 2 aromatic heterocycles. The summed E-state index contributed by atoms with van der Waals surface area (Å²) in [5.41, 5.74) is 8.59. The predicted octanol–water partition coefficient (Wildman–Crippen LogP) is 5.13. The molecule has 2 aliphatic rings. The Labute approximate surface area is 212 Å². The highest BCUT2D eigenvalue weighted by atomic mass is 19.4. The Balaban J connectivity index is 1.28. The summed E-state index contributed by atoms with van der Waals surface area (Å²) in [6, 6.07) is 5.42. The Kier molecular flexibility index (Phi) is 6.51. The monoisotopic (exact) mass is 517 g/mol. The molecule has 0 spiro atoms. The predicted molar refractivity (Wildman–Crippen MR) is 131 cm³/mol. The average Bonchev–Trinajstić information content (AvgIpc) is 3.27. The van der Waals surface area contributed by atoms with E-state index in [1.54, 1.807) is 11.1 Å². The molecule has 1 amide bonds. The molecule has 4 heterocycles. The number of anilines is 1. The molecule has 0 radical (unpaired) electrons. The normalized spacial score (nSPS) is 20.8. The van der Waals surface area contributed by atoms with Crippen molar-refractivity contribution in [1.82, 2.24) is 19.9 Å². The molecule has 11 heteroatoms. The zero-order chi connectivity index (χ0) is 26.4. The number of hydrogen-bond donors (Lipinski definition) is 2. The zero-order valence-corrected chi connectivity index (χ0v) is 20.8. The summed E-state index contributed by atoms with van der Waals surface area (Å²) in [7, 11) is 0. The third kappa shape index (κ3) is 5.51. The molecule has 5 rings (SSSR count). The minimum Gasteiger partial charge on any atom is -0.406 e. The van der Waals surface area contributed by atoms with Crippen molar-refractivity contribution in [3.8, 4) is 5.75 Å². The van der Waals surface area contributed by atoms with Gasteiger partial charge in [0.25, 0.3) is 5.91 Å².